The van der Waals surface area contributed by atoms with E-state index in [0.717, 1.165) is 57.5 Å². The number of hydrogen-bond donors (Lipinski definition) is 1. The van der Waals surface area contributed by atoms with Crippen LogP contribution < -0.4 is 10.2 Å². The third-order valence-corrected chi connectivity index (χ3v) is 5.68. The van der Waals surface area contributed by atoms with Gasteiger partial charge in [-0.3, -0.25) is 4.79 Å². The fourth-order valence-electron chi connectivity index (χ4n) is 4.21. The molecule has 2 aliphatic heterocycles. The Morgan fingerprint density at radius 1 is 1.07 bits per heavy atom. The fourth-order valence-corrected chi connectivity index (χ4v) is 4.21. The largest absolute Gasteiger partial charge is 0.456 e. The molecule has 2 fully saturated rings. The number of likely N-dealkylation sites (tertiary alicyclic amines) is 1. The highest BCUT2D eigenvalue weighted by molar-refractivity contribution is 5.90. The molecule has 1 amide bonds. The van der Waals surface area contributed by atoms with E-state index < -0.39 is 5.60 Å². The zero-order valence-electron chi connectivity index (χ0n) is 18.2. The predicted molar refractivity (Wildman–Crippen MR) is 115 cm³/mol. The molecule has 0 aromatic heterocycles. The number of carbonyl (C=O) groups is 2. The minimum atomic E-state index is -0.495. The maximum atomic E-state index is 12.4. The van der Waals surface area contributed by atoms with E-state index in [1.165, 1.54) is 0 Å². The Morgan fingerprint density at radius 3 is 2.45 bits per heavy atom. The Bertz CT molecular complexity index is 720. The summed E-state index contributed by atoms with van der Waals surface area (Å²) in [6.45, 7) is 10.9. The molecule has 0 radical (unpaired) electrons. The number of carbonyl (C=O) groups excluding carboxylic acids is 2. The molecule has 0 spiro atoms. The zero-order valence-corrected chi connectivity index (χ0v) is 18.2. The highest BCUT2D eigenvalue weighted by atomic mass is 16.6. The number of rotatable bonds is 4. The topological polar surface area (TPSA) is 61.9 Å². The van der Waals surface area contributed by atoms with Crippen LogP contribution in [0.5, 0.6) is 0 Å². The number of esters is 1. The summed E-state index contributed by atoms with van der Waals surface area (Å²) in [4.78, 5) is 28.2. The molecule has 6 heteroatoms. The van der Waals surface area contributed by atoms with Crippen LogP contribution in [0.1, 0.15) is 63.7 Å². The van der Waals surface area contributed by atoms with Crippen molar-refractivity contribution >= 4 is 17.6 Å². The maximum Gasteiger partial charge on any atom is 0.338 e. The molecule has 6 nitrogen and oxygen atoms in total. The van der Waals surface area contributed by atoms with Crippen LogP contribution in [0, 0.1) is 0 Å². The van der Waals surface area contributed by atoms with Crippen molar-refractivity contribution in [3.63, 3.8) is 0 Å². The Kier molecular flexibility index (Phi) is 6.83. The Morgan fingerprint density at radius 2 is 1.79 bits per heavy atom. The van der Waals surface area contributed by atoms with Crippen LogP contribution in [0.15, 0.2) is 24.3 Å². The van der Waals surface area contributed by atoms with Gasteiger partial charge in [0.05, 0.1) is 5.56 Å². The second kappa shape index (κ2) is 9.16. The summed E-state index contributed by atoms with van der Waals surface area (Å²) in [5, 5.41) is 3.81. The molecule has 1 N–H and O–H groups in total. The van der Waals surface area contributed by atoms with Gasteiger partial charge >= 0.3 is 5.97 Å². The number of nitrogens with zero attached hydrogens (tertiary/aromatic N) is 2. The predicted octanol–water partition coefficient (Wildman–Crippen LogP) is 3.21. The summed E-state index contributed by atoms with van der Waals surface area (Å²) in [6.07, 6.45) is 4.32. The van der Waals surface area contributed by atoms with Crippen molar-refractivity contribution in [3.05, 3.63) is 29.8 Å². The number of nitrogens with one attached hydrogen (secondary N) is 1. The van der Waals surface area contributed by atoms with Crippen molar-refractivity contribution in [2.75, 3.05) is 31.1 Å². The second-order valence-corrected chi connectivity index (χ2v) is 9.28. The molecule has 1 aromatic carbocycles. The first-order valence-electron chi connectivity index (χ1n) is 10.8. The second-order valence-electron chi connectivity index (χ2n) is 9.28. The standard InChI is InChI=1S/C23H35N3O3/c1-17(27)25-13-10-19(11-14-25)24-20-8-6-12-26(16-20)21-9-5-7-18(15-21)22(28)29-23(2,3)4/h5,7,9,15,19-20,24H,6,8,10-14,16H2,1-4H3. The molecule has 1 unspecified atom stereocenters. The van der Waals surface area contributed by atoms with E-state index in [1.807, 2.05) is 43.9 Å². The van der Waals surface area contributed by atoms with Crippen LogP contribution in [-0.2, 0) is 9.53 Å². The van der Waals surface area contributed by atoms with Crippen LogP contribution in [-0.4, -0.2) is 60.6 Å². The normalized spacial score (nSPS) is 21.2. The minimum Gasteiger partial charge on any atom is -0.456 e. The van der Waals surface area contributed by atoms with Crippen LogP contribution in [0.2, 0.25) is 0 Å². The van der Waals surface area contributed by atoms with Gasteiger partial charge in [-0.25, -0.2) is 4.79 Å². The minimum absolute atomic E-state index is 0.178. The van der Waals surface area contributed by atoms with Gasteiger partial charge in [0.15, 0.2) is 0 Å². The Hall–Kier alpha value is -2.08. The van der Waals surface area contributed by atoms with E-state index in [2.05, 4.69) is 16.3 Å². The molecule has 0 aliphatic carbocycles. The van der Waals surface area contributed by atoms with E-state index in [9.17, 15) is 9.59 Å². The third-order valence-electron chi connectivity index (χ3n) is 5.68. The molecule has 3 rings (SSSR count). The van der Waals surface area contributed by atoms with Crippen LogP contribution >= 0.6 is 0 Å². The molecule has 2 heterocycles. The molecule has 0 saturated carbocycles. The van der Waals surface area contributed by atoms with Crippen LogP contribution in [0.4, 0.5) is 5.69 Å². The summed E-state index contributed by atoms with van der Waals surface area (Å²) in [5.41, 5.74) is 1.18. The van der Waals surface area contributed by atoms with Gasteiger partial charge in [-0.05, 0) is 64.7 Å². The average molecular weight is 402 g/mol. The summed E-state index contributed by atoms with van der Waals surface area (Å²) in [7, 11) is 0. The van der Waals surface area contributed by atoms with E-state index in [1.54, 1.807) is 6.92 Å². The Balaban J connectivity index is 1.57. The highest BCUT2D eigenvalue weighted by Gasteiger charge is 2.26. The first-order chi connectivity index (χ1) is 13.7. The highest BCUT2D eigenvalue weighted by Crippen LogP contribution is 2.23. The van der Waals surface area contributed by atoms with E-state index in [-0.39, 0.29) is 11.9 Å². The molecular weight excluding hydrogens is 366 g/mol. The molecule has 2 saturated heterocycles. The van der Waals surface area contributed by atoms with E-state index in [0.29, 0.717) is 17.6 Å². The first-order valence-corrected chi connectivity index (χ1v) is 10.8. The van der Waals surface area contributed by atoms with Gasteiger partial charge in [0, 0.05) is 50.9 Å². The van der Waals surface area contributed by atoms with Gasteiger partial charge in [-0.1, -0.05) is 6.07 Å². The lowest BCUT2D eigenvalue weighted by Gasteiger charge is -2.39. The van der Waals surface area contributed by atoms with Crippen molar-refractivity contribution in [1.82, 2.24) is 10.2 Å². The van der Waals surface area contributed by atoms with Gasteiger partial charge in [-0.2, -0.15) is 0 Å². The van der Waals surface area contributed by atoms with Gasteiger partial charge in [-0.15, -0.1) is 0 Å². The van der Waals surface area contributed by atoms with Gasteiger partial charge in [0.2, 0.25) is 5.91 Å². The molecule has 1 aromatic rings. The van der Waals surface area contributed by atoms with E-state index in [4.69, 9.17) is 4.74 Å². The Labute approximate surface area is 174 Å². The third kappa shape index (κ3) is 6.20. The SMILES string of the molecule is CC(=O)N1CCC(NC2CCCN(c3cccc(C(=O)OC(C)(C)C)c3)C2)CC1. The summed E-state index contributed by atoms with van der Waals surface area (Å²) >= 11 is 0. The molecule has 2 aliphatic rings. The van der Waals surface area contributed by atoms with Crippen molar-refractivity contribution in [2.24, 2.45) is 0 Å². The molecule has 0 bridgehead atoms. The number of amides is 1. The van der Waals surface area contributed by atoms with Crippen LogP contribution in [0.25, 0.3) is 0 Å². The number of ether oxygens (including phenoxy) is 1. The number of benzene rings is 1. The lowest BCUT2D eigenvalue weighted by Crippen LogP contribution is -2.52. The first kappa shape index (κ1) is 21.6. The van der Waals surface area contributed by atoms with Crippen LogP contribution in [0.3, 0.4) is 0 Å². The van der Waals surface area contributed by atoms with Crippen molar-refractivity contribution in [3.8, 4) is 0 Å². The quantitative estimate of drug-likeness (QED) is 0.785. The summed E-state index contributed by atoms with van der Waals surface area (Å²) in [5.74, 6) is -0.0968. The monoisotopic (exact) mass is 401 g/mol. The average Bonchev–Trinajstić information content (AvgIpc) is 2.67. The molecule has 1 atom stereocenters. The maximum absolute atomic E-state index is 12.4. The zero-order chi connectivity index (χ0) is 21.0. The van der Waals surface area contributed by atoms with E-state index >= 15 is 0 Å². The lowest BCUT2D eigenvalue weighted by molar-refractivity contribution is -0.129. The number of anilines is 1. The smallest absolute Gasteiger partial charge is 0.338 e. The fraction of sp³-hybridized carbons (Fsp3) is 0.652. The molecule has 160 valence electrons. The van der Waals surface area contributed by atoms with Gasteiger partial charge in [0.25, 0.3) is 0 Å². The van der Waals surface area contributed by atoms with Crippen molar-refractivity contribution in [2.45, 2.75) is 71.1 Å². The van der Waals surface area contributed by atoms with Gasteiger partial charge in [0.1, 0.15) is 5.60 Å². The molecule has 29 heavy (non-hydrogen) atoms. The van der Waals surface area contributed by atoms with Crippen molar-refractivity contribution in [1.29, 1.82) is 0 Å². The lowest BCUT2D eigenvalue weighted by atomic mass is 9.99. The summed E-state index contributed by atoms with van der Waals surface area (Å²) in [6, 6.07) is 8.68. The number of hydrogen-bond acceptors (Lipinski definition) is 5. The summed E-state index contributed by atoms with van der Waals surface area (Å²) < 4.78 is 5.52. The number of piperidine rings is 2. The van der Waals surface area contributed by atoms with Crippen molar-refractivity contribution < 1.29 is 14.3 Å². The van der Waals surface area contributed by atoms with Gasteiger partial charge < -0.3 is 19.9 Å². The molecular formula is C23H35N3O3.